The summed E-state index contributed by atoms with van der Waals surface area (Å²) in [5.74, 6) is -2.84. The van der Waals surface area contributed by atoms with E-state index in [0.717, 1.165) is 34.7 Å². The summed E-state index contributed by atoms with van der Waals surface area (Å²) in [7, 11) is -4.28. The number of sulfone groups is 1. The largest absolute Gasteiger partial charge is 0.506 e. The average molecular weight is 667 g/mol. The van der Waals surface area contributed by atoms with Gasteiger partial charge in [0.1, 0.15) is 35.7 Å². The molecule has 4 aromatic carbocycles. The predicted octanol–water partition coefficient (Wildman–Crippen LogP) is 8.00. The molecular weight excluding hydrogens is 636 g/mol. The first-order valence-corrected chi connectivity index (χ1v) is 16.3. The SMILES string of the molecule is CC1(C)CC2=C(C(c3ccc(OCc4ccccc4)cc3F)N(C(=O)c3ccccc3C(F)(F)F)c3cccc(O)c3N2)S(=O)(=O)C1. The van der Waals surface area contributed by atoms with Gasteiger partial charge in [-0.15, -0.1) is 0 Å². The van der Waals surface area contributed by atoms with Crippen LogP contribution >= 0.6 is 0 Å². The number of phenolic OH excluding ortho intramolecular Hbond substituents is 1. The monoisotopic (exact) mass is 666 g/mol. The van der Waals surface area contributed by atoms with Gasteiger partial charge in [0.2, 0.25) is 0 Å². The third-order valence-electron chi connectivity index (χ3n) is 8.13. The van der Waals surface area contributed by atoms with Gasteiger partial charge in [-0.25, -0.2) is 12.8 Å². The zero-order valence-corrected chi connectivity index (χ0v) is 26.1. The van der Waals surface area contributed by atoms with E-state index in [1.54, 1.807) is 13.8 Å². The third-order valence-corrected chi connectivity index (χ3v) is 10.4. The molecule has 0 aliphatic carbocycles. The molecule has 2 heterocycles. The number of hydrogen-bond donors (Lipinski definition) is 2. The van der Waals surface area contributed by atoms with Crippen LogP contribution in [0.4, 0.5) is 28.9 Å². The lowest BCUT2D eigenvalue weighted by Gasteiger charge is -2.37. The van der Waals surface area contributed by atoms with Crippen molar-refractivity contribution in [3.63, 3.8) is 0 Å². The van der Waals surface area contributed by atoms with Gasteiger partial charge in [-0.2, -0.15) is 13.2 Å². The molecule has 0 radical (unpaired) electrons. The van der Waals surface area contributed by atoms with E-state index in [1.807, 2.05) is 30.3 Å². The van der Waals surface area contributed by atoms with E-state index in [9.17, 15) is 31.5 Å². The van der Waals surface area contributed by atoms with Gasteiger partial charge < -0.3 is 15.2 Å². The molecule has 47 heavy (non-hydrogen) atoms. The highest BCUT2D eigenvalue weighted by Gasteiger charge is 2.49. The van der Waals surface area contributed by atoms with E-state index in [0.29, 0.717) is 0 Å². The summed E-state index contributed by atoms with van der Waals surface area (Å²) in [5.41, 5.74) is -2.46. The Hall–Kier alpha value is -4.84. The number of halogens is 4. The molecule has 7 nitrogen and oxygen atoms in total. The topological polar surface area (TPSA) is 95.9 Å². The number of alkyl halides is 3. The number of phenols is 1. The van der Waals surface area contributed by atoms with Crippen LogP contribution in [-0.4, -0.2) is 25.2 Å². The van der Waals surface area contributed by atoms with Crippen molar-refractivity contribution in [2.24, 2.45) is 5.41 Å². The second kappa shape index (κ2) is 11.8. The van der Waals surface area contributed by atoms with Crippen molar-refractivity contribution in [1.29, 1.82) is 0 Å². The number of carbonyl (C=O) groups is 1. The number of para-hydroxylation sites is 1. The zero-order chi connectivity index (χ0) is 33.7. The van der Waals surface area contributed by atoms with E-state index in [4.69, 9.17) is 4.74 Å². The van der Waals surface area contributed by atoms with Gasteiger partial charge in [0, 0.05) is 17.3 Å². The quantitative estimate of drug-likeness (QED) is 0.166. The number of anilines is 2. The molecular formula is C35H30F4N2O5S. The second-order valence-electron chi connectivity index (χ2n) is 12.3. The van der Waals surface area contributed by atoms with Gasteiger partial charge in [-0.05, 0) is 53.8 Å². The molecule has 0 saturated heterocycles. The molecule has 244 valence electrons. The molecule has 1 amide bonds. The van der Waals surface area contributed by atoms with Gasteiger partial charge in [0.25, 0.3) is 5.91 Å². The Labute approximate surface area is 269 Å². The lowest BCUT2D eigenvalue weighted by Crippen LogP contribution is -2.42. The molecule has 2 aliphatic rings. The summed E-state index contributed by atoms with van der Waals surface area (Å²) in [6.07, 6.45) is -4.82. The first kappa shape index (κ1) is 32.1. The zero-order valence-electron chi connectivity index (χ0n) is 25.3. The van der Waals surface area contributed by atoms with Crippen LogP contribution in [0, 0.1) is 11.2 Å². The molecule has 6 rings (SSSR count). The number of hydrogen-bond acceptors (Lipinski definition) is 6. The first-order valence-electron chi connectivity index (χ1n) is 14.7. The van der Waals surface area contributed by atoms with Crippen LogP contribution in [0.25, 0.3) is 0 Å². The molecule has 1 unspecified atom stereocenters. The molecule has 0 saturated carbocycles. The summed E-state index contributed by atoms with van der Waals surface area (Å²) >= 11 is 0. The normalized spacial score (nSPS) is 18.4. The summed E-state index contributed by atoms with van der Waals surface area (Å²) in [6, 6.07) is 19.2. The van der Waals surface area contributed by atoms with Gasteiger partial charge >= 0.3 is 6.18 Å². The van der Waals surface area contributed by atoms with Crippen LogP contribution in [0.15, 0.2) is 102 Å². The number of carbonyl (C=O) groups excluding carboxylic acids is 1. The number of nitrogens with one attached hydrogen (secondary N) is 1. The van der Waals surface area contributed by atoms with Crippen molar-refractivity contribution in [2.45, 2.75) is 39.1 Å². The highest BCUT2D eigenvalue weighted by Crippen LogP contribution is 2.52. The van der Waals surface area contributed by atoms with Gasteiger partial charge in [0.05, 0.1) is 27.5 Å². The van der Waals surface area contributed by atoms with Crippen LogP contribution in [0.3, 0.4) is 0 Å². The van der Waals surface area contributed by atoms with Gasteiger partial charge in [-0.3, -0.25) is 9.69 Å². The predicted molar refractivity (Wildman–Crippen MR) is 169 cm³/mol. The fourth-order valence-corrected chi connectivity index (χ4v) is 8.57. The molecule has 2 N–H and O–H groups in total. The molecule has 2 aliphatic heterocycles. The average Bonchev–Trinajstić information content (AvgIpc) is 3.14. The number of amides is 1. The third kappa shape index (κ3) is 6.17. The Bertz CT molecular complexity index is 2010. The van der Waals surface area contributed by atoms with E-state index in [-0.39, 0.29) is 57.8 Å². The van der Waals surface area contributed by atoms with E-state index >= 15 is 4.39 Å². The number of allylic oxidation sites excluding steroid dienone is 1. The maximum atomic E-state index is 16.3. The number of rotatable bonds is 5. The highest BCUT2D eigenvalue weighted by molar-refractivity contribution is 7.95. The maximum Gasteiger partial charge on any atom is 0.417 e. The van der Waals surface area contributed by atoms with Crippen molar-refractivity contribution < 1.29 is 40.6 Å². The maximum absolute atomic E-state index is 16.3. The lowest BCUT2D eigenvalue weighted by molar-refractivity contribution is -0.137. The van der Waals surface area contributed by atoms with Crippen molar-refractivity contribution in [2.75, 3.05) is 16.0 Å². The number of ether oxygens (including phenoxy) is 1. The molecule has 0 spiro atoms. The van der Waals surface area contributed by atoms with E-state index < -0.39 is 50.3 Å². The van der Waals surface area contributed by atoms with Crippen LogP contribution in [0.2, 0.25) is 0 Å². The Morgan fingerprint density at radius 2 is 1.70 bits per heavy atom. The number of nitrogens with zero attached hydrogens (tertiary/aromatic N) is 1. The molecule has 0 bridgehead atoms. The van der Waals surface area contributed by atoms with Crippen molar-refractivity contribution in [3.8, 4) is 11.5 Å². The minimum atomic E-state index is -4.94. The minimum Gasteiger partial charge on any atom is -0.506 e. The van der Waals surface area contributed by atoms with E-state index in [1.165, 1.54) is 36.4 Å². The molecule has 1 atom stereocenters. The Morgan fingerprint density at radius 3 is 2.40 bits per heavy atom. The number of fused-ring (bicyclic) bond motifs is 1. The number of benzene rings is 4. The summed E-state index contributed by atoms with van der Waals surface area (Å²) in [5, 5.41) is 13.9. The van der Waals surface area contributed by atoms with Crippen molar-refractivity contribution >= 4 is 27.1 Å². The van der Waals surface area contributed by atoms with Crippen LogP contribution < -0.4 is 15.0 Å². The number of aromatic hydroxyl groups is 1. The van der Waals surface area contributed by atoms with Crippen molar-refractivity contribution in [3.05, 3.63) is 130 Å². The second-order valence-corrected chi connectivity index (χ2v) is 14.3. The van der Waals surface area contributed by atoms with Gasteiger partial charge in [0.15, 0.2) is 9.84 Å². The summed E-state index contributed by atoms with van der Waals surface area (Å²) in [4.78, 5) is 14.9. The standard InChI is InChI=1S/C35H30F4N2O5S/c1-34(2)18-27-32(47(44,45)20-34)31(24-16-15-22(17-26(24)36)46-19-21-9-4-3-5-10-21)41(28-13-8-14-29(42)30(28)40-27)33(43)23-11-6-7-12-25(23)35(37,38)39/h3-17,31,40,42H,18-20H2,1-2H3. The van der Waals surface area contributed by atoms with E-state index in [2.05, 4.69) is 5.32 Å². The fourth-order valence-electron chi connectivity index (χ4n) is 6.22. The van der Waals surface area contributed by atoms with Crippen molar-refractivity contribution in [1.82, 2.24) is 0 Å². The molecule has 4 aromatic rings. The van der Waals surface area contributed by atoms with Crippen LogP contribution in [0.1, 0.15) is 53.4 Å². The van der Waals surface area contributed by atoms with Crippen LogP contribution in [0.5, 0.6) is 11.5 Å². The highest BCUT2D eigenvalue weighted by atomic mass is 32.2. The van der Waals surface area contributed by atoms with Gasteiger partial charge in [-0.1, -0.05) is 62.4 Å². The summed E-state index contributed by atoms with van der Waals surface area (Å²) in [6.45, 7) is 3.56. The first-order chi connectivity index (χ1) is 22.2. The fraction of sp³-hybridized carbons (Fsp3) is 0.229. The minimum absolute atomic E-state index is 0.0946. The summed E-state index contributed by atoms with van der Waals surface area (Å²) < 4.78 is 93.0. The Kier molecular flexibility index (Phi) is 8.03. The Morgan fingerprint density at radius 1 is 1.00 bits per heavy atom. The van der Waals surface area contributed by atoms with Crippen LogP contribution in [-0.2, 0) is 22.6 Å². The smallest absolute Gasteiger partial charge is 0.417 e. The molecule has 0 fully saturated rings. The lowest BCUT2D eigenvalue weighted by atomic mass is 9.88. The Balaban J connectivity index is 1.59. The molecule has 0 aromatic heterocycles. The molecule has 12 heteroatoms.